The first-order chi connectivity index (χ1) is 9.81. The first kappa shape index (κ1) is 17.8. The van der Waals surface area contributed by atoms with E-state index < -0.39 is 16.1 Å². The van der Waals surface area contributed by atoms with Crippen molar-refractivity contribution >= 4 is 33.2 Å². The Morgan fingerprint density at radius 2 is 2.05 bits per heavy atom. The minimum absolute atomic E-state index is 0.301. The second-order valence-corrected chi connectivity index (χ2v) is 7.05. The molecule has 0 aromatic heterocycles. The van der Waals surface area contributed by atoms with E-state index in [1.54, 1.807) is 31.2 Å². The van der Waals surface area contributed by atoms with Crippen LogP contribution in [0.4, 0.5) is 5.69 Å². The van der Waals surface area contributed by atoms with Gasteiger partial charge in [-0.2, -0.15) is 0 Å². The molecule has 1 N–H and O–H groups in total. The van der Waals surface area contributed by atoms with Crippen molar-refractivity contribution < 1.29 is 13.2 Å². The Balaban J connectivity index is 3.21. The summed E-state index contributed by atoms with van der Waals surface area (Å²) in [5, 5.41) is 3.16. The summed E-state index contributed by atoms with van der Waals surface area (Å²) in [6.45, 7) is 4.23. The highest BCUT2D eigenvalue weighted by molar-refractivity contribution is 7.92. The number of amides is 1. The molecule has 1 amide bonds. The molecule has 0 saturated carbocycles. The van der Waals surface area contributed by atoms with E-state index in [0.29, 0.717) is 23.7 Å². The van der Waals surface area contributed by atoms with Gasteiger partial charge in [0.05, 0.1) is 11.9 Å². The van der Waals surface area contributed by atoms with E-state index in [1.807, 2.05) is 6.92 Å². The van der Waals surface area contributed by atoms with Crippen LogP contribution in [0.1, 0.15) is 26.7 Å². The van der Waals surface area contributed by atoms with Crippen molar-refractivity contribution in [3.8, 4) is 0 Å². The number of hydrogen-bond donors (Lipinski definition) is 1. The molecule has 5 nitrogen and oxygen atoms in total. The fraction of sp³-hybridized carbons (Fsp3) is 0.500. The van der Waals surface area contributed by atoms with Crippen LogP contribution in [0.15, 0.2) is 24.3 Å². The predicted molar refractivity (Wildman–Crippen MR) is 86.2 cm³/mol. The van der Waals surface area contributed by atoms with Crippen molar-refractivity contribution in [2.75, 3.05) is 17.1 Å². The maximum atomic E-state index is 12.2. The first-order valence-corrected chi connectivity index (χ1v) is 9.06. The van der Waals surface area contributed by atoms with Gasteiger partial charge >= 0.3 is 0 Å². The number of nitrogens with one attached hydrogen (secondary N) is 1. The van der Waals surface area contributed by atoms with Gasteiger partial charge < -0.3 is 5.32 Å². The lowest BCUT2D eigenvalue weighted by Gasteiger charge is -2.30. The minimum atomic E-state index is -3.60. The molecule has 0 aliphatic carbocycles. The lowest BCUT2D eigenvalue weighted by molar-refractivity contribution is -0.122. The van der Waals surface area contributed by atoms with Gasteiger partial charge in [-0.15, -0.1) is 0 Å². The Morgan fingerprint density at radius 3 is 2.52 bits per heavy atom. The van der Waals surface area contributed by atoms with Crippen molar-refractivity contribution in [1.29, 1.82) is 0 Å². The van der Waals surface area contributed by atoms with Gasteiger partial charge in [0, 0.05) is 11.6 Å². The van der Waals surface area contributed by atoms with E-state index in [1.165, 1.54) is 0 Å². The summed E-state index contributed by atoms with van der Waals surface area (Å²) in [4.78, 5) is 12.2. The van der Waals surface area contributed by atoms with Gasteiger partial charge in [0.25, 0.3) is 0 Å². The third kappa shape index (κ3) is 4.89. The number of benzene rings is 1. The average Bonchev–Trinajstić information content (AvgIpc) is 2.40. The van der Waals surface area contributed by atoms with Gasteiger partial charge in [-0.25, -0.2) is 8.42 Å². The zero-order valence-corrected chi connectivity index (χ0v) is 14.0. The number of rotatable bonds is 7. The number of nitrogens with zero attached hydrogens (tertiary/aromatic N) is 1. The highest BCUT2D eigenvalue weighted by Crippen LogP contribution is 2.25. The molecule has 0 radical (unpaired) electrons. The van der Waals surface area contributed by atoms with Crippen LogP contribution in [-0.4, -0.2) is 33.2 Å². The average molecular weight is 333 g/mol. The Labute approximate surface area is 131 Å². The Kier molecular flexibility index (Phi) is 6.48. The monoisotopic (exact) mass is 332 g/mol. The summed E-state index contributed by atoms with van der Waals surface area (Å²) < 4.78 is 25.4. The van der Waals surface area contributed by atoms with Crippen LogP contribution in [0, 0.1) is 0 Å². The lowest BCUT2D eigenvalue weighted by atomic mass is 10.2. The van der Waals surface area contributed by atoms with Crippen LogP contribution in [-0.2, 0) is 14.8 Å². The van der Waals surface area contributed by atoms with Crippen LogP contribution < -0.4 is 9.62 Å². The SMILES string of the molecule is CCCNC(=O)[C@@H](CC)N(c1cccc(Cl)c1)S(C)(=O)=O. The maximum Gasteiger partial charge on any atom is 0.243 e. The Hall–Kier alpha value is -1.27. The molecule has 0 aliphatic rings. The molecule has 7 heteroatoms. The zero-order valence-electron chi connectivity index (χ0n) is 12.5. The summed E-state index contributed by atoms with van der Waals surface area (Å²) in [5.74, 6) is -0.301. The summed E-state index contributed by atoms with van der Waals surface area (Å²) in [5.41, 5.74) is 0.392. The van der Waals surface area contributed by atoms with E-state index in [2.05, 4.69) is 5.32 Å². The third-order valence-corrected chi connectivity index (χ3v) is 4.36. The van der Waals surface area contributed by atoms with Crippen LogP contribution in [0.25, 0.3) is 0 Å². The molecule has 0 aliphatic heterocycles. The molecule has 0 saturated heterocycles. The summed E-state index contributed by atoms with van der Waals surface area (Å²) >= 11 is 5.93. The van der Waals surface area contributed by atoms with Gasteiger partial charge in [-0.3, -0.25) is 9.10 Å². The van der Waals surface area contributed by atoms with E-state index in [4.69, 9.17) is 11.6 Å². The molecule has 0 unspecified atom stereocenters. The summed E-state index contributed by atoms with van der Waals surface area (Å²) in [7, 11) is -3.60. The number of halogens is 1. The van der Waals surface area contributed by atoms with E-state index in [0.717, 1.165) is 17.0 Å². The molecule has 118 valence electrons. The van der Waals surface area contributed by atoms with Gasteiger partial charge in [0.15, 0.2) is 0 Å². The lowest BCUT2D eigenvalue weighted by Crippen LogP contribution is -2.49. The Bertz CT molecular complexity index is 590. The molecule has 0 fully saturated rings. The van der Waals surface area contributed by atoms with Crippen molar-refractivity contribution in [2.24, 2.45) is 0 Å². The largest absolute Gasteiger partial charge is 0.354 e. The molecule has 1 aromatic rings. The topological polar surface area (TPSA) is 66.5 Å². The summed E-state index contributed by atoms with van der Waals surface area (Å²) in [6.07, 6.45) is 2.25. The number of hydrogen-bond acceptors (Lipinski definition) is 3. The van der Waals surface area contributed by atoms with Gasteiger partial charge in [-0.05, 0) is 31.0 Å². The standard InChI is InChI=1S/C14H21ClN2O3S/c1-4-9-16-14(18)13(5-2)17(21(3,19)20)12-8-6-7-11(15)10-12/h6-8,10,13H,4-5,9H2,1-3H3,(H,16,18)/t13-/m1/s1. The smallest absolute Gasteiger partial charge is 0.243 e. The highest BCUT2D eigenvalue weighted by Gasteiger charge is 2.31. The molecule has 0 spiro atoms. The predicted octanol–water partition coefficient (Wildman–Crippen LogP) is 2.41. The Morgan fingerprint density at radius 1 is 1.38 bits per heavy atom. The fourth-order valence-electron chi connectivity index (χ4n) is 2.04. The van der Waals surface area contributed by atoms with Crippen molar-refractivity contribution in [3.05, 3.63) is 29.3 Å². The quantitative estimate of drug-likeness (QED) is 0.833. The van der Waals surface area contributed by atoms with Crippen molar-refractivity contribution in [1.82, 2.24) is 5.32 Å². The number of carbonyl (C=O) groups excluding carboxylic acids is 1. The molecule has 21 heavy (non-hydrogen) atoms. The van der Waals surface area contributed by atoms with Crippen LogP contribution in [0.2, 0.25) is 5.02 Å². The van der Waals surface area contributed by atoms with Crippen LogP contribution >= 0.6 is 11.6 Å². The molecule has 1 atom stereocenters. The first-order valence-electron chi connectivity index (χ1n) is 6.84. The minimum Gasteiger partial charge on any atom is -0.354 e. The molecule has 1 rings (SSSR count). The van der Waals surface area contributed by atoms with Gasteiger partial charge in [0.1, 0.15) is 6.04 Å². The number of sulfonamides is 1. The molecular formula is C14H21ClN2O3S. The third-order valence-electron chi connectivity index (χ3n) is 2.94. The van der Waals surface area contributed by atoms with Gasteiger partial charge in [-0.1, -0.05) is 31.5 Å². The summed E-state index contributed by atoms with van der Waals surface area (Å²) in [6, 6.07) is 5.70. The van der Waals surface area contributed by atoms with Crippen molar-refractivity contribution in [3.63, 3.8) is 0 Å². The molecular weight excluding hydrogens is 312 g/mol. The fourth-order valence-corrected chi connectivity index (χ4v) is 3.43. The van der Waals surface area contributed by atoms with Crippen LogP contribution in [0.5, 0.6) is 0 Å². The maximum absolute atomic E-state index is 12.2. The second kappa shape index (κ2) is 7.66. The van der Waals surface area contributed by atoms with E-state index in [9.17, 15) is 13.2 Å². The molecule has 1 aromatic carbocycles. The second-order valence-electron chi connectivity index (χ2n) is 4.75. The van der Waals surface area contributed by atoms with Crippen molar-refractivity contribution in [2.45, 2.75) is 32.7 Å². The van der Waals surface area contributed by atoms with Gasteiger partial charge in [0.2, 0.25) is 15.9 Å². The normalized spacial score (nSPS) is 12.8. The zero-order chi connectivity index (χ0) is 16.0. The van der Waals surface area contributed by atoms with E-state index in [-0.39, 0.29) is 5.91 Å². The molecule has 0 heterocycles. The number of carbonyl (C=O) groups is 1. The highest BCUT2D eigenvalue weighted by atomic mass is 35.5. The van der Waals surface area contributed by atoms with Crippen LogP contribution in [0.3, 0.4) is 0 Å². The molecule has 0 bridgehead atoms. The van der Waals surface area contributed by atoms with E-state index >= 15 is 0 Å². The number of anilines is 1.